The van der Waals surface area contributed by atoms with Crippen molar-refractivity contribution in [2.24, 2.45) is 0 Å². The van der Waals surface area contributed by atoms with E-state index in [1.165, 1.54) is 11.8 Å². The van der Waals surface area contributed by atoms with Crippen LogP contribution in [0.2, 0.25) is 0 Å². The zero-order valence-corrected chi connectivity index (χ0v) is 12.8. The van der Waals surface area contributed by atoms with Crippen molar-refractivity contribution >= 4 is 18.0 Å². The Kier molecular flexibility index (Phi) is 5.99. The van der Waals surface area contributed by atoms with Gasteiger partial charge in [-0.1, -0.05) is 13.3 Å². The highest BCUT2D eigenvalue weighted by molar-refractivity contribution is 5.87. The zero-order valence-electron chi connectivity index (χ0n) is 12.8. The molecule has 1 saturated carbocycles. The Morgan fingerprint density at radius 2 is 1.95 bits per heavy atom. The minimum atomic E-state index is -1.33. The van der Waals surface area contributed by atoms with Crippen molar-refractivity contribution in [3.8, 4) is 0 Å². The Hall–Kier alpha value is -1.79. The monoisotopic (exact) mass is 300 g/mol. The first kappa shape index (κ1) is 17.3. The molecule has 2 N–H and O–H groups in total. The lowest BCUT2D eigenvalue weighted by molar-refractivity contribution is -0.144. The molecule has 2 amide bonds. The summed E-state index contributed by atoms with van der Waals surface area (Å²) in [7, 11) is 0. The van der Waals surface area contributed by atoms with Gasteiger partial charge >= 0.3 is 18.0 Å². The summed E-state index contributed by atoms with van der Waals surface area (Å²) in [6, 6.07) is -0.530. The van der Waals surface area contributed by atoms with Gasteiger partial charge in [0.1, 0.15) is 12.1 Å². The summed E-state index contributed by atoms with van der Waals surface area (Å²) < 4.78 is 4.85. The number of urea groups is 1. The van der Waals surface area contributed by atoms with Crippen LogP contribution in [0.15, 0.2) is 0 Å². The molecule has 1 rings (SSSR count). The molecule has 0 aromatic carbocycles. The van der Waals surface area contributed by atoms with Crippen LogP contribution in [0.25, 0.3) is 0 Å². The van der Waals surface area contributed by atoms with Crippen molar-refractivity contribution in [1.29, 1.82) is 0 Å². The van der Waals surface area contributed by atoms with Gasteiger partial charge < -0.3 is 20.1 Å². The molecule has 0 aliphatic heterocycles. The SMILES string of the molecule is CCCC(C)(NC(=O)N(CC(=O)OCC)C1CC1)C(=O)O. The van der Waals surface area contributed by atoms with Crippen molar-refractivity contribution < 1.29 is 24.2 Å². The minimum absolute atomic E-state index is 0.00548. The molecule has 1 unspecified atom stereocenters. The molecule has 1 fully saturated rings. The Balaban J connectivity index is 2.72. The molecule has 1 atom stereocenters. The van der Waals surface area contributed by atoms with Crippen molar-refractivity contribution in [3.05, 3.63) is 0 Å². The molecule has 0 aromatic rings. The topological polar surface area (TPSA) is 95.9 Å². The van der Waals surface area contributed by atoms with E-state index in [0.717, 1.165) is 12.8 Å². The van der Waals surface area contributed by atoms with Gasteiger partial charge in [0.25, 0.3) is 0 Å². The molecule has 0 aromatic heterocycles. The van der Waals surface area contributed by atoms with Crippen LogP contribution in [0.3, 0.4) is 0 Å². The highest BCUT2D eigenvalue weighted by atomic mass is 16.5. The Labute approximate surface area is 124 Å². The quantitative estimate of drug-likeness (QED) is 0.660. The van der Waals surface area contributed by atoms with Crippen molar-refractivity contribution in [3.63, 3.8) is 0 Å². The van der Waals surface area contributed by atoms with E-state index in [2.05, 4.69) is 5.32 Å². The van der Waals surface area contributed by atoms with Crippen LogP contribution in [0.4, 0.5) is 4.79 Å². The van der Waals surface area contributed by atoms with E-state index in [-0.39, 0.29) is 19.2 Å². The highest BCUT2D eigenvalue weighted by Gasteiger charge is 2.39. The average Bonchev–Trinajstić information content (AvgIpc) is 3.20. The molecule has 0 bridgehead atoms. The van der Waals surface area contributed by atoms with E-state index >= 15 is 0 Å². The Morgan fingerprint density at radius 1 is 1.33 bits per heavy atom. The fraction of sp³-hybridized carbons (Fsp3) is 0.786. The molecule has 1 aliphatic carbocycles. The van der Waals surface area contributed by atoms with E-state index in [1.807, 2.05) is 6.92 Å². The summed E-state index contributed by atoms with van der Waals surface area (Å²) in [6.45, 7) is 5.13. The number of hydrogen-bond acceptors (Lipinski definition) is 4. The summed E-state index contributed by atoms with van der Waals surface area (Å²) in [5, 5.41) is 11.8. The van der Waals surface area contributed by atoms with Gasteiger partial charge in [0, 0.05) is 6.04 Å². The third-order valence-electron chi connectivity index (χ3n) is 3.46. The average molecular weight is 300 g/mol. The summed E-state index contributed by atoms with van der Waals surface area (Å²) in [5.74, 6) is -1.56. The number of hydrogen-bond donors (Lipinski definition) is 2. The number of carboxylic acids is 1. The lowest BCUT2D eigenvalue weighted by atomic mass is 9.96. The molecular formula is C14H24N2O5. The maximum Gasteiger partial charge on any atom is 0.329 e. The molecule has 0 radical (unpaired) electrons. The fourth-order valence-corrected chi connectivity index (χ4v) is 2.13. The number of ether oxygens (including phenoxy) is 1. The molecule has 0 heterocycles. The predicted octanol–water partition coefficient (Wildman–Crippen LogP) is 1.37. The first-order valence-corrected chi connectivity index (χ1v) is 7.31. The summed E-state index contributed by atoms with van der Waals surface area (Å²) in [6.07, 6.45) is 2.60. The molecule has 7 nitrogen and oxygen atoms in total. The number of nitrogens with zero attached hydrogens (tertiary/aromatic N) is 1. The molecule has 0 saturated heterocycles. The van der Waals surface area contributed by atoms with Gasteiger partial charge in [-0.2, -0.15) is 0 Å². The van der Waals surface area contributed by atoms with Crippen LogP contribution < -0.4 is 5.32 Å². The number of esters is 1. The number of carbonyl (C=O) groups excluding carboxylic acids is 2. The second kappa shape index (κ2) is 7.28. The highest BCUT2D eigenvalue weighted by Crippen LogP contribution is 2.27. The molecule has 120 valence electrons. The van der Waals surface area contributed by atoms with Crippen LogP contribution in [0.5, 0.6) is 0 Å². The molecule has 21 heavy (non-hydrogen) atoms. The van der Waals surface area contributed by atoms with Gasteiger partial charge in [-0.3, -0.25) is 4.79 Å². The van der Waals surface area contributed by atoms with E-state index in [0.29, 0.717) is 12.8 Å². The fourth-order valence-electron chi connectivity index (χ4n) is 2.13. The summed E-state index contributed by atoms with van der Waals surface area (Å²) in [4.78, 5) is 36.6. The minimum Gasteiger partial charge on any atom is -0.480 e. The number of nitrogens with one attached hydrogen (secondary N) is 1. The largest absolute Gasteiger partial charge is 0.480 e. The maximum atomic E-state index is 12.3. The lowest BCUT2D eigenvalue weighted by Crippen LogP contribution is -2.57. The molecular weight excluding hydrogens is 276 g/mol. The third-order valence-corrected chi connectivity index (χ3v) is 3.46. The van der Waals surface area contributed by atoms with Gasteiger partial charge in [-0.15, -0.1) is 0 Å². The standard InChI is InChI=1S/C14H24N2O5/c1-4-8-14(3,12(18)19)15-13(20)16(10-6-7-10)9-11(17)21-5-2/h10H,4-9H2,1-3H3,(H,15,20)(H,18,19). The zero-order chi connectivity index (χ0) is 16.0. The van der Waals surface area contributed by atoms with E-state index in [1.54, 1.807) is 6.92 Å². The number of carboxylic acid groups (broad SMARTS) is 1. The van der Waals surface area contributed by atoms with E-state index in [4.69, 9.17) is 4.74 Å². The van der Waals surface area contributed by atoms with Crippen LogP contribution in [0.1, 0.15) is 46.5 Å². The van der Waals surface area contributed by atoms with Crippen LogP contribution in [-0.2, 0) is 14.3 Å². The molecule has 0 spiro atoms. The van der Waals surface area contributed by atoms with Crippen LogP contribution >= 0.6 is 0 Å². The van der Waals surface area contributed by atoms with Gasteiger partial charge in [-0.05, 0) is 33.1 Å². The van der Waals surface area contributed by atoms with Crippen LogP contribution in [0, 0.1) is 0 Å². The first-order valence-electron chi connectivity index (χ1n) is 7.31. The van der Waals surface area contributed by atoms with Crippen molar-refractivity contribution in [2.75, 3.05) is 13.2 Å². The number of aliphatic carboxylic acids is 1. The van der Waals surface area contributed by atoms with Crippen LogP contribution in [-0.4, -0.2) is 52.7 Å². The number of amides is 2. The number of rotatable bonds is 8. The second-order valence-corrected chi connectivity index (χ2v) is 5.48. The van der Waals surface area contributed by atoms with E-state index in [9.17, 15) is 19.5 Å². The maximum absolute atomic E-state index is 12.3. The Bertz CT molecular complexity index is 408. The summed E-state index contributed by atoms with van der Waals surface area (Å²) in [5.41, 5.74) is -1.33. The molecule has 1 aliphatic rings. The third kappa shape index (κ3) is 4.91. The smallest absolute Gasteiger partial charge is 0.329 e. The lowest BCUT2D eigenvalue weighted by Gasteiger charge is -2.30. The molecule has 7 heteroatoms. The van der Waals surface area contributed by atoms with Gasteiger partial charge in [0.2, 0.25) is 0 Å². The van der Waals surface area contributed by atoms with Gasteiger partial charge in [-0.25, -0.2) is 9.59 Å². The second-order valence-electron chi connectivity index (χ2n) is 5.48. The van der Waals surface area contributed by atoms with Gasteiger partial charge in [0.05, 0.1) is 6.61 Å². The predicted molar refractivity (Wildman–Crippen MR) is 75.8 cm³/mol. The van der Waals surface area contributed by atoms with Gasteiger partial charge in [0.15, 0.2) is 0 Å². The van der Waals surface area contributed by atoms with Crippen molar-refractivity contribution in [1.82, 2.24) is 10.2 Å². The van der Waals surface area contributed by atoms with Crippen molar-refractivity contribution in [2.45, 2.75) is 58.0 Å². The number of carbonyl (C=O) groups is 3. The first-order chi connectivity index (χ1) is 9.84. The normalized spacial score (nSPS) is 16.7. The summed E-state index contributed by atoms with van der Waals surface area (Å²) >= 11 is 0. The Morgan fingerprint density at radius 3 is 2.38 bits per heavy atom. The van der Waals surface area contributed by atoms with E-state index < -0.39 is 23.5 Å².